The van der Waals surface area contributed by atoms with Crippen LogP contribution in [0.2, 0.25) is 0 Å². The van der Waals surface area contributed by atoms with Gasteiger partial charge in [-0.05, 0) is 18.2 Å². The van der Waals surface area contributed by atoms with Crippen LogP contribution in [0.3, 0.4) is 0 Å². The van der Waals surface area contributed by atoms with Crippen molar-refractivity contribution in [3.63, 3.8) is 0 Å². The molecule has 1 aromatic carbocycles. The van der Waals surface area contributed by atoms with Gasteiger partial charge in [0, 0.05) is 18.5 Å². The van der Waals surface area contributed by atoms with E-state index in [2.05, 4.69) is 4.98 Å². The fourth-order valence-electron chi connectivity index (χ4n) is 1.51. The lowest BCUT2D eigenvalue weighted by Crippen LogP contribution is -2.08. The number of carbonyl (C=O) groups excluding carboxylic acids is 1. The molecule has 0 saturated carbocycles. The molecule has 3 N–H and O–H groups in total. The summed E-state index contributed by atoms with van der Waals surface area (Å²) in [7, 11) is 0. The van der Waals surface area contributed by atoms with Crippen LogP contribution in [-0.2, 0) is 0 Å². The van der Waals surface area contributed by atoms with E-state index in [0.717, 1.165) is 0 Å². The second kappa shape index (κ2) is 5.68. The maximum absolute atomic E-state index is 11.1. The first-order valence-electron chi connectivity index (χ1n) is 5.57. The highest BCUT2D eigenvalue weighted by atomic mass is 16.3. The van der Waals surface area contributed by atoms with Crippen molar-refractivity contribution in [1.82, 2.24) is 4.98 Å². The number of para-hydroxylation sites is 1. The molecule has 0 radical (unpaired) electrons. The zero-order chi connectivity index (χ0) is 13.7. The Morgan fingerprint density at radius 3 is 2.53 bits per heavy atom. The number of H-pyrrole nitrogens is 1. The number of aromatic amines is 1. The summed E-state index contributed by atoms with van der Waals surface area (Å²) >= 11 is 0. The second-order valence-electron chi connectivity index (χ2n) is 3.74. The van der Waals surface area contributed by atoms with Gasteiger partial charge in [-0.25, -0.2) is 0 Å². The third-order valence-corrected chi connectivity index (χ3v) is 2.45. The number of nitrogens with two attached hydrogens (primary N) is 1. The molecule has 0 atom stereocenters. The lowest BCUT2D eigenvalue weighted by Gasteiger charge is -1.91. The van der Waals surface area contributed by atoms with Crippen LogP contribution >= 0.6 is 0 Å². The molecule has 0 unspecified atom stereocenters. The van der Waals surface area contributed by atoms with Crippen molar-refractivity contribution in [2.45, 2.75) is 0 Å². The van der Waals surface area contributed by atoms with Crippen LogP contribution in [0.25, 0.3) is 11.0 Å². The van der Waals surface area contributed by atoms with E-state index in [-0.39, 0.29) is 5.43 Å². The van der Waals surface area contributed by atoms with E-state index in [9.17, 15) is 9.59 Å². The number of hydrogen-bond donors (Lipinski definition) is 2. The van der Waals surface area contributed by atoms with E-state index in [1.54, 1.807) is 30.6 Å². The van der Waals surface area contributed by atoms with E-state index in [4.69, 9.17) is 10.2 Å². The first kappa shape index (κ1) is 12.6. The Hall–Kier alpha value is -2.82. The fourth-order valence-corrected chi connectivity index (χ4v) is 1.51. The summed E-state index contributed by atoms with van der Waals surface area (Å²) in [4.78, 5) is 24.1. The molecule has 0 aliphatic heterocycles. The first-order chi connectivity index (χ1) is 9.18. The highest BCUT2D eigenvalue weighted by Crippen LogP contribution is 2.06. The average Bonchev–Trinajstić information content (AvgIpc) is 2.94. The molecule has 0 spiro atoms. The van der Waals surface area contributed by atoms with Crippen LogP contribution in [0.5, 0.6) is 0 Å². The third-order valence-electron chi connectivity index (χ3n) is 2.45. The third kappa shape index (κ3) is 3.10. The van der Waals surface area contributed by atoms with Gasteiger partial charge in [0.05, 0.1) is 17.2 Å². The zero-order valence-electron chi connectivity index (χ0n) is 10.00. The molecular weight excluding hydrogens is 244 g/mol. The van der Waals surface area contributed by atoms with Gasteiger partial charge in [0.15, 0.2) is 5.43 Å². The molecule has 0 aliphatic rings. The highest BCUT2D eigenvalue weighted by Gasteiger charge is 1.96. The van der Waals surface area contributed by atoms with Crippen LogP contribution in [0.1, 0.15) is 10.4 Å². The molecule has 96 valence electrons. The van der Waals surface area contributed by atoms with E-state index in [0.29, 0.717) is 16.5 Å². The van der Waals surface area contributed by atoms with E-state index < -0.39 is 5.91 Å². The molecule has 0 saturated heterocycles. The minimum Gasteiger partial charge on any atom is -0.464 e. The fraction of sp³-hybridized carbons (Fsp3) is 0. The summed E-state index contributed by atoms with van der Waals surface area (Å²) < 4.78 is 5.09. The number of carbonyl (C=O) groups is 1. The van der Waals surface area contributed by atoms with Crippen molar-refractivity contribution in [1.29, 1.82) is 0 Å². The number of rotatable bonds is 1. The van der Waals surface area contributed by atoms with E-state index >= 15 is 0 Å². The number of primary amides is 1. The molecule has 2 heterocycles. The second-order valence-corrected chi connectivity index (χ2v) is 3.74. The van der Waals surface area contributed by atoms with Crippen molar-refractivity contribution in [2.24, 2.45) is 5.73 Å². The predicted molar refractivity (Wildman–Crippen MR) is 71.8 cm³/mol. The van der Waals surface area contributed by atoms with Gasteiger partial charge in [-0.2, -0.15) is 0 Å². The summed E-state index contributed by atoms with van der Waals surface area (Å²) in [5.74, 6) is -0.397. The summed E-state index contributed by atoms with van der Waals surface area (Å²) in [6, 6.07) is 10.2. The molecule has 5 nitrogen and oxygen atoms in total. The zero-order valence-corrected chi connectivity index (χ0v) is 10.00. The van der Waals surface area contributed by atoms with Gasteiger partial charge in [-0.1, -0.05) is 12.1 Å². The Labute approximate surface area is 108 Å². The van der Waals surface area contributed by atoms with Crippen LogP contribution in [0, 0.1) is 0 Å². The van der Waals surface area contributed by atoms with Crippen LogP contribution in [-0.4, -0.2) is 10.9 Å². The Bertz CT molecular complexity index is 724. The number of fused-ring (bicyclic) bond motifs is 1. The Balaban J connectivity index is 0.000000148. The minimum atomic E-state index is -0.397. The molecular formula is C14H12N2O3. The molecule has 3 rings (SSSR count). The molecule has 2 aromatic heterocycles. The molecule has 3 aromatic rings. The number of benzene rings is 1. The lowest BCUT2D eigenvalue weighted by molar-refractivity contribution is 0.100. The summed E-state index contributed by atoms with van der Waals surface area (Å²) in [6.45, 7) is 0. The van der Waals surface area contributed by atoms with Gasteiger partial charge >= 0.3 is 0 Å². The van der Waals surface area contributed by atoms with Gasteiger partial charge < -0.3 is 15.1 Å². The van der Waals surface area contributed by atoms with Crippen molar-refractivity contribution in [2.75, 3.05) is 0 Å². The molecule has 0 fully saturated rings. The molecule has 19 heavy (non-hydrogen) atoms. The number of amides is 1. The minimum absolute atomic E-state index is 0.00634. The van der Waals surface area contributed by atoms with Crippen molar-refractivity contribution in [3.05, 3.63) is 70.8 Å². The van der Waals surface area contributed by atoms with E-state index in [1.165, 1.54) is 12.3 Å². The van der Waals surface area contributed by atoms with Gasteiger partial charge in [-0.3, -0.25) is 9.59 Å². The molecule has 0 aliphatic carbocycles. The van der Waals surface area contributed by atoms with Gasteiger partial charge in [0.1, 0.15) is 5.58 Å². The lowest BCUT2D eigenvalue weighted by atomic mass is 10.2. The van der Waals surface area contributed by atoms with Crippen molar-refractivity contribution in [3.8, 4) is 0 Å². The SMILES string of the molecule is NC(=O)c1cc[nH]c1.O=c1ccoc2ccccc12. The Kier molecular flexibility index (Phi) is 3.78. The number of nitrogens with one attached hydrogen (secondary N) is 1. The largest absolute Gasteiger partial charge is 0.464 e. The Morgan fingerprint density at radius 1 is 1.16 bits per heavy atom. The van der Waals surface area contributed by atoms with Gasteiger partial charge in [-0.15, -0.1) is 0 Å². The van der Waals surface area contributed by atoms with Crippen LogP contribution in [0.4, 0.5) is 0 Å². The first-order valence-corrected chi connectivity index (χ1v) is 5.57. The van der Waals surface area contributed by atoms with Crippen LogP contribution in [0.15, 0.2) is 64.3 Å². The topological polar surface area (TPSA) is 89.1 Å². The maximum atomic E-state index is 11.1. The predicted octanol–water partition coefficient (Wildman–Crippen LogP) is 1.91. The molecule has 1 amide bonds. The summed E-state index contributed by atoms with van der Waals surface area (Å²) in [5.41, 5.74) is 6.06. The standard InChI is InChI=1S/C9H6O2.C5H6N2O/c10-8-5-6-11-9-4-2-1-3-7(8)9;6-5(8)4-1-2-7-3-4/h1-6H;1-3,7H,(H2,6,8). The summed E-state index contributed by atoms with van der Waals surface area (Å²) in [5, 5.41) is 0.634. The van der Waals surface area contributed by atoms with Crippen molar-refractivity contribution >= 4 is 16.9 Å². The number of aromatic nitrogens is 1. The normalized spacial score (nSPS) is 9.68. The summed E-state index contributed by atoms with van der Waals surface area (Å²) in [6.07, 6.45) is 4.62. The maximum Gasteiger partial charge on any atom is 0.250 e. The van der Waals surface area contributed by atoms with Crippen LogP contribution < -0.4 is 11.2 Å². The average molecular weight is 256 g/mol. The quantitative estimate of drug-likeness (QED) is 0.696. The number of hydrogen-bond acceptors (Lipinski definition) is 3. The van der Waals surface area contributed by atoms with E-state index in [1.807, 2.05) is 12.1 Å². The smallest absolute Gasteiger partial charge is 0.250 e. The Morgan fingerprint density at radius 2 is 1.95 bits per heavy atom. The molecule has 0 bridgehead atoms. The highest BCUT2D eigenvalue weighted by molar-refractivity contribution is 5.92. The van der Waals surface area contributed by atoms with Crippen molar-refractivity contribution < 1.29 is 9.21 Å². The monoisotopic (exact) mass is 256 g/mol. The molecule has 5 heteroatoms. The van der Waals surface area contributed by atoms with Gasteiger partial charge in [0.25, 0.3) is 0 Å². The van der Waals surface area contributed by atoms with Gasteiger partial charge in [0.2, 0.25) is 5.91 Å².